The number of hydrogen-bond acceptors (Lipinski definition) is 5. The second-order valence-corrected chi connectivity index (χ2v) is 9.16. The fourth-order valence-electron chi connectivity index (χ4n) is 4.39. The first-order chi connectivity index (χ1) is 17.0. The summed E-state index contributed by atoms with van der Waals surface area (Å²) in [6.07, 6.45) is -1.96. The number of carbonyl (C=O) groups is 1. The summed E-state index contributed by atoms with van der Waals surface area (Å²) >= 11 is 0. The van der Waals surface area contributed by atoms with Crippen LogP contribution < -0.4 is 15.5 Å². The fourth-order valence-corrected chi connectivity index (χ4v) is 4.39. The quantitative estimate of drug-likeness (QED) is 0.445. The van der Waals surface area contributed by atoms with E-state index in [1.807, 2.05) is 0 Å². The van der Waals surface area contributed by atoms with E-state index in [2.05, 4.69) is 20.6 Å². The van der Waals surface area contributed by atoms with Gasteiger partial charge in [-0.05, 0) is 49.4 Å². The van der Waals surface area contributed by atoms with Gasteiger partial charge in [0.25, 0.3) is 0 Å². The minimum Gasteiger partial charge on any atom is -0.362 e. The predicted molar refractivity (Wildman–Crippen MR) is 126 cm³/mol. The summed E-state index contributed by atoms with van der Waals surface area (Å²) in [5, 5.41) is 6.37. The number of nitrogens with one attached hydrogen (secondary N) is 2. The zero-order valence-electron chi connectivity index (χ0n) is 19.8. The molecule has 11 heteroatoms. The Balaban J connectivity index is 1.35. The molecule has 0 radical (unpaired) electrons. The van der Waals surface area contributed by atoms with Crippen molar-refractivity contribution in [1.29, 1.82) is 0 Å². The van der Waals surface area contributed by atoms with Crippen LogP contribution in [0.3, 0.4) is 0 Å². The monoisotopic (exact) mass is 507 g/mol. The third kappa shape index (κ3) is 5.83. The van der Waals surface area contributed by atoms with Crippen LogP contribution in [-0.2, 0) is 17.5 Å². The second-order valence-electron chi connectivity index (χ2n) is 9.16. The van der Waals surface area contributed by atoms with Gasteiger partial charge >= 0.3 is 6.18 Å². The molecule has 1 heterocycles. The number of aromatic nitrogens is 2. The summed E-state index contributed by atoms with van der Waals surface area (Å²) < 4.78 is 66.2. The van der Waals surface area contributed by atoms with Crippen molar-refractivity contribution < 1.29 is 26.7 Å². The van der Waals surface area contributed by atoms with E-state index < -0.39 is 23.4 Å². The molecular formula is C25H26F5N5O. The largest absolute Gasteiger partial charge is 0.416 e. The number of nitrogens with zero attached hydrogens (tertiary/aromatic N) is 3. The molecule has 0 saturated heterocycles. The maximum absolute atomic E-state index is 13.8. The molecule has 6 nitrogen and oxygen atoms in total. The van der Waals surface area contributed by atoms with Gasteiger partial charge in [-0.15, -0.1) is 0 Å². The Bertz CT molecular complexity index is 1260. The highest BCUT2D eigenvalue weighted by molar-refractivity contribution is 5.90. The molecule has 3 aromatic rings. The Kier molecular flexibility index (Phi) is 7.28. The van der Waals surface area contributed by atoms with Crippen LogP contribution in [-0.4, -0.2) is 36.0 Å². The molecular weight excluding hydrogens is 481 g/mol. The maximum Gasteiger partial charge on any atom is 0.416 e. The smallest absolute Gasteiger partial charge is 0.362 e. The topological polar surface area (TPSA) is 70.2 Å². The number of anilines is 2. The molecule has 0 atom stereocenters. The van der Waals surface area contributed by atoms with Crippen LogP contribution in [0.4, 0.5) is 33.7 Å². The lowest BCUT2D eigenvalue weighted by atomic mass is 9.85. The van der Waals surface area contributed by atoms with E-state index in [0.717, 1.165) is 24.3 Å². The van der Waals surface area contributed by atoms with Crippen molar-refractivity contribution in [1.82, 2.24) is 15.3 Å². The summed E-state index contributed by atoms with van der Waals surface area (Å²) in [5.74, 6) is -1.67. The summed E-state index contributed by atoms with van der Waals surface area (Å²) in [6, 6.07) is 6.99. The van der Waals surface area contributed by atoms with Gasteiger partial charge in [0.15, 0.2) is 11.6 Å². The van der Waals surface area contributed by atoms with Crippen molar-refractivity contribution >= 4 is 28.6 Å². The minimum absolute atomic E-state index is 0.0183. The van der Waals surface area contributed by atoms with Crippen LogP contribution in [0.1, 0.15) is 36.8 Å². The summed E-state index contributed by atoms with van der Waals surface area (Å²) in [7, 11) is 3.49. The highest BCUT2D eigenvalue weighted by Crippen LogP contribution is 2.31. The van der Waals surface area contributed by atoms with E-state index in [4.69, 9.17) is 0 Å². The third-order valence-corrected chi connectivity index (χ3v) is 6.29. The molecule has 1 aromatic heterocycles. The van der Waals surface area contributed by atoms with Crippen molar-refractivity contribution in [3.63, 3.8) is 0 Å². The molecule has 0 spiro atoms. The highest BCUT2D eigenvalue weighted by Gasteiger charge is 2.31. The van der Waals surface area contributed by atoms with Gasteiger partial charge in [-0.2, -0.15) is 18.2 Å². The zero-order valence-corrected chi connectivity index (χ0v) is 19.8. The molecule has 0 aliphatic heterocycles. The number of carbonyl (C=O) groups excluding carboxylic acids is 1. The van der Waals surface area contributed by atoms with Crippen molar-refractivity contribution in [3.05, 3.63) is 59.2 Å². The van der Waals surface area contributed by atoms with E-state index in [-0.39, 0.29) is 35.9 Å². The lowest BCUT2D eigenvalue weighted by molar-refractivity contribution is -0.137. The van der Waals surface area contributed by atoms with E-state index >= 15 is 0 Å². The van der Waals surface area contributed by atoms with Crippen LogP contribution >= 0.6 is 0 Å². The lowest BCUT2D eigenvalue weighted by Crippen LogP contribution is -2.36. The van der Waals surface area contributed by atoms with E-state index in [0.29, 0.717) is 42.5 Å². The van der Waals surface area contributed by atoms with Crippen LogP contribution in [0, 0.1) is 17.6 Å². The number of rotatable bonds is 6. The Labute approximate surface area is 204 Å². The number of alkyl halides is 3. The van der Waals surface area contributed by atoms with Gasteiger partial charge in [0, 0.05) is 44.1 Å². The molecule has 2 N–H and O–H groups in total. The standard InChI is InChI=1S/C25H26F5N5O/c1-35(2)22-18-11-19(26)20(27)12-21(18)33-24(34-22)32-17-8-6-15(7-9-17)23(36)31-13-14-4-3-5-16(10-14)25(28,29)30/h3-5,10-12,15,17H,6-9,13H2,1-2H3,(H,31,36)(H,32,33,34)/t15-,17+. The second kappa shape index (κ2) is 10.2. The SMILES string of the molecule is CN(C)c1nc(N[C@H]2CC[C@@H](C(=O)NCc3cccc(C(F)(F)F)c3)CC2)nc2cc(F)c(F)cc12. The van der Waals surface area contributed by atoms with Gasteiger partial charge in [-0.1, -0.05) is 12.1 Å². The number of halogens is 5. The first kappa shape index (κ1) is 25.6. The Hall–Kier alpha value is -3.50. The van der Waals surface area contributed by atoms with Gasteiger partial charge in [-0.3, -0.25) is 4.79 Å². The number of hydrogen-bond donors (Lipinski definition) is 2. The average Bonchev–Trinajstić information content (AvgIpc) is 2.83. The third-order valence-electron chi connectivity index (χ3n) is 6.29. The van der Waals surface area contributed by atoms with Crippen LogP contribution in [0.15, 0.2) is 36.4 Å². The molecule has 36 heavy (non-hydrogen) atoms. The predicted octanol–water partition coefficient (Wildman–Crippen LogP) is 5.28. The normalized spacial score (nSPS) is 18.2. The van der Waals surface area contributed by atoms with Crippen molar-refractivity contribution in [3.8, 4) is 0 Å². The molecule has 1 aliphatic carbocycles. The van der Waals surface area contributed by atoms with Crippen LogP contribution in [0.25, 0.3) is 10.9 Å². The molecule has 0 bridgehead atoms. The zero-order chi connectivity index (χ0) is 26.0. The Morgan fingerprint density at radius 3 is 2.39 bits per heavy atom. The first-order valence-corrected chi connectivity index (χ1v) is 11.6. The molecule has 1 aliphatic rings. The van der Waals surface area contributed by atoms with Gasteiger partial charge in [0.2, 0.25) is 11.9 Å². The first-order valence-electron chi connectivity index (χ1n) is 11.6. The summed E-state index contributed by atoms with van der Waals surface area (Å²) in [4.78, 5) is 23.1. The average molecular weight is 508 g/mol. The fraction of sp³-hybridized carbons (Fsp3) is 0.400. The van der Waals surface area contributed by atoms with E-state index in [9.17, 15) is 26.7 Å². The molecule has 192 valence electrons. The highest BCUT2D eigenvalue weighted by atomic mass is 19.4. The van der Waals surface area contributed by atoms with Gasteiger partial charge in [-0.25, -0.2) is 13.8 Å². The summed E-state index contributed by atoms with van der Waals surface area (Å²) in [5.41, 5.74) is -0.0882. The lowest BCUT2D eigenvalue weighted by Gasteiger charge is -2.28. The minimum atomic E-state index is -4.43. The van der Waals surface area contributed by atoms with Gasteiger partial charge < -0.3 is 15.5 Å². The molecule has 0 unspecified atom stereocenters. The van der Waals surface area contributed by atoms with Gasteiger partial charge in [0.05, 0.1) is 11.1 Å². The van der Waals surface area contributed by atoms with Crippen LogP contribution in [0.5, 0.6) is 0 Å². The maximum atomic E-state index is 13.8. The molecule has 1 fully saturated rings. The Morgan fingerprint density at radius 1 is 1.03 bits per heavy atom. The Morgan fingerprint density at radius 2 is 1.72 bits per heavy atom. The number of benzene rings is 2. The molecule has 1 saturated carbocycles. The van der Waals surface area contributed by atoms with Crippen molar-refractivity contribution in [2.75, 3.05) is 24.3 Å². The van der Waals surface area contributed by atoms with Crippen molar-refractivity contribution in [2.45, 2.75) is 44.4 Å². The van der Waals surface area contributed by atoms with Gasteiger partial charge in [0.1, 0.15) is 5.82 Å². The molecule has 4 rings (SSSR count). The summed E-state index contributed by atoms with van der Waals surface area (Å²) in [6.45, 7) is 0.0241. The van der Waals surface area contributed by atoms with Crippen molar-refractivity contribution in [2.24, 2.45) is 5.92 Å². The molecule has 2 aromatic carbocycles. The number of amides is 1. The van der Waals surface area contributed by atoms with E-state index in [1.54, 1.807) is 25.1 Å². The van der Waals surface area contributed by atoms with Crippen LogP contribution in [0.2, 0.25) is 0 Å². The molecule has 1 amide bonds. The van der Waals surface area contributed by atoms with E-state index in [1.165, 1.54) is 6.07 Å². The number of fused-ring (bicyclic) bond motifs is 1.